The van der Waals surface area contributed by atoms with Crippen LogP contribution in [-0.4, -0.2) is 30.4 Å². The first kappa shape index (κ1) is 20.3. The molecular weight excluding hydrogens is 368 g/mol. The molecular formula is C23H24N2O4. The first-order chi connectivity index (χ1) is 13.9. The van der Waals surface area contributed by atoms with Crippen molar-refractivity contribution in [2.24, 2.45) is 11.7 Å². The molecule has 0 saturated carbocycles. The lowest BCUT2D eigenvalue weighted by Gasteiger charge is -2.22. The van der Waals surface area contributed by atoms with Gasteiger partial charge in [-0.2, -0.15) is 0 Å². The fraction of sp³-hybridized carbons (Fsp3) is 0.261. The number of primary amides is 1. The number of nitrogens with two attached hydrogens (primary N) is 1. The predicted molar refractivity (Wildman–Crippen MR) is 112 cm³/mol. The van der Waals surface area contributed by atoms with E-state index in [2.05, 4.69) is 5.32 Å². The van der Waals surface area contributed by atoms with Crippen LogP contribution < -0.4 is 11.1 Å². The molecule has 29 heavy (non-hydrogen) atoms. The third kappa shape index (κ3) is 4.37. The molecule has 0 radical (unpaired) electrons. The highest BCUT2D eigenvalue weighted by molar-refractivity contribution is 6.18. The van der Waals surface area contributed by atoms with Crippen LogP contribution in [0.25, 0.3) is 21.5 Å². The number of nitrogens with one attached hydrogen (secondary N) is 1. The standard InChI is InChI=1S/C23H24N2O4/c1-3-29-19(26)12-14(2)21(22(24)27)25-23(28)20-17-10-6-4-8-15(17)13-16-9-5-7-11-18(16)20/h4-11,13-14,21H,3,12H2,1-2H3,(H2,24,27)(H,25,28)/t14-,21-/m1/s1. The maximum atomic E-state index is 13.3. The zero-order valence-corrected chi connectivity index (χ0v) is 16.5. The van der Waals surface area contributed by atoms with E-state index in [0.717, 1.165) is 21.5 Å². The molecule has 0 aliphatic heterocycles. The summed E-state index contributed by atoms with van der Waals surface area (Å²) >= 11 is 0. The number of fused-ring (bicyclic) bond motifs is 2. The highest BCUT2D eigenvalue weighted by atomic mass is 16.5. The summed E-state index contributed by atoms with van der Waals surface area (Å²) in [6.45, 7) is 3.65. The molecule has 3 rings (SSSR count). The van der Waals surface area contributed by atoms with Gasteiger partial charge in [0, 0.05) is 0 Å². The Bertz CT molecular complexity index is 1020. The van der Waals surface area contributed by atoms with E-state index in [1.807, 2.05) is 54.6 Å². The molecule has 6 nitrogen and oxygen atoms in total. The average Bonchev–Trinajstić information content (AvgIpc) is 2.69. The molecule has 2 atom stereocenters. The summed E-state index contributed by atoms with van der Waals surface area (Å²) in [4.78, 5) is 37.1. The van der Waals surface area contributed by atoms with Crippen LogP contribution >= 0.6 is 0 Å². The molecule has 0 bridgehead atoms. The molecule has 6 heteroatoms. The minimum Gasteiger partial charge on any atom is -0.466 e. The van der Waals surface area contributed by atoms with E-state index in [4.69, 9.17) is 10.5 Å². The van der Waals surface area contributed by atoms with E-state index in [9.17, 15) is 14.4 Å². The van der Waals surface area contributed by atoms with Crippen molar-refractivity contribution in [3.8, 4) is 0 Å². The third-order valence-electron chi connectivity index (χ3n) is 4.95. The summed E-state index contributed by atoms with van der Waals surface area (Å²) in [7, 11) is 0. The van der Waals surface area contributed by atoms with Crippen molar-refractivity contribution in [1.29, 1.82) is 0 Å². The molecule has 0 saturated heterocycles. The zero-order chi connectivity index (χ0) is 21.0. The number of carbonyl (C=O) groups excluding carboxylic acids is 3. The van der Waals surface area contributed by atoms with Crippen molar-refractivity contribution < 1.29 is 19.1 Å². The number of carbonyl (C=O) groups is 3. The Morgan fingerprint density at radius 1 is 1.00 bits per heavy atom. The molecule has 3 aromatic carbocycles. The maximum absolute atomic E-state index is 13.3. The summed E-state index contributed by atoms with van der Waals surface area (Å²) in [5.74, 6) is -2.04. The van der Waals surface area contributed by atoms with Crippen LogP contribution in [0.15, 0.2) is 54.6 Å². The number of amides is 2. The number of esters is 1. The number of rotatable bonds is 7. The SMILES string of the molecule is CCOC(=O)C[C@@H](C)[C@@H](NC(=O)c1c2ccccc2cc2ccccc12)C(N)=O. The zero-order valence-electron chi connectivity index (χ0n) is 16.5. The van der Waals surface area contributed by atoms with Crippen molar-refractivity contribution >= 4 is 39.3 Å². The van der Waals surface area contributed by atoms with Crippen LogP contribution in [0, 0.1) is 5.92 Å². The van der Waals surface area contributed by atoms with Crippen LogP contribution in [0.5, 0.6) is 0 Å². The normalized spacial score (nSPS) is 13.0. The van der Waals surface area contributed by atoms with Gasteiger partial charge in [0.15, 0.2) is 0 Å². The largest absolute Gasteiger partial charge is 0.466 e. The Morgan fingerprint density at radius 3 is 2.07 bits per heavy atom. The number of ether oxygens (including phenoxy) is 1. The van der Waals surface area contributed by atoms with Crippen molar-refractivity contribution in [2.45, 2.75) is 26.3 Å². The lowest BCUT2D eigenvalue weighted by Crippen LogP contribution is -2.49. The van der Waals surface area contributed by atoms with Crippen molar-refractivity contribution in [2.75, 3.05) is 6.61 Å². The molecule has 3 aromatic rings. The molecule has 0 heterocycles. The molecule has 0 aliphatic carbocycles. The number of benzene rings is 3. The predicted octanol–water partition coefficient (Wildman–Crippen LogP) is 3.17. The van der Waals surface area contributed by atoms with Crippen LogP contribution in [-0.2, 0) is 14.3 Å². The van der Waals surface area contributed by atoms with Gasteiger partial charge < -0.3 is 15.8 Å². The smallest absolute Gasteiger partial charge is 0.306 e. The highest BCUT2D eigenvalue weighted by Crippen LogP contribution is 2.28. The van der Waals surface area contributed by atoms with Crippen LogP contribution in [0.4, 0.5) is 0 Å². The Balaban J connectivity index is 1.99. The van der Waals surface area contributed by atoms with E-state index in [0.29, 0.717) is 5.56 Å². The molecule has 0 aromatic heterocycles. The van der Waals surface area contributed by atoms with Crippen LogP contribution in [0.3, 0.4) is 0 Å². The van der Waals surface area contributed by atoms with Gasteiger partial charge in [-0.05, 0) is 40.5 Å². The first-order valence-corrected chi connectivity index (χ1v) is 9.58. The summed E-state index contributed by atoms with van der Waals surface area (Å²) in [6, 6.07) is 16.2. The minimum absolute atomic E-state index is 0.0159. The lowest BCUT2D eigenvalue weighted by molar-refractivity contribution is -0.144. The molecule has 150 valence electrons. The van der Waals surface area contributed by atoms with Gasteiger partial charge in [-0.25, -0.2) is 0 Å². The van der Waals surface area contributed by atoms with E-state index in [1.54, 1.807) is 13.8 Å². The van der Waals surface area contributed by atoms with Gasteiger partial charge in [0.2, 0.25) is 5.91 Å². The van der Waals surface area contributed by atoms with E-state index >= 15 is 0 Å². The van der Waals surface area contributed by atoms with Crippen LogP contribution in [0.1, 0.15) is 30.6 Å². The van der Waals surface area contributed by atoms with E-state index in [1.165, 1.54) is 0 Å². The fourth-order valence-electron chi connectivity index (χ4n) is 3.57. The van der Waals surface area contributed by atoms with Crippen molar-refractivity contribution in [1.82, 2.24) is 5.32 Å². The van der Waals surface area contributed by atoms with Gasteiger partial charge in [-0.3, -0.25) is 14.4 Å². The van der Waals surface area contributed by atoms with Gasteiger partial charge >= 0.3 is 5.97 Å². The van der Waals surface area contributed by atoms with Gasteiger partial charge in [0.25, 0.3) is 5.91 Å². The lowest BCUT2D eigenvalue weighted by atomic mass is 9.94. The quantitative estimate of drug-likeness (QED) is 0.477. The topological polar surface area (TPSA) is 98.5 Å². The summed E-state index contributed by atoms with van der Waals surface area (Å²) in [5.41, 5.74) is 6.01. The van der Waals surface area contributed by atoms with E-state index in [-0.39, 0.29) is 13.0 Å². The minimum atomic E-state index is -0.996. The second-order valence-corrected chi connectivity index (χ2v) is 7.03. The third-order valence-corrected chi connectivity index (χ3v) is 4.95. The monoisotopic (exact) mass is 392 g/mol. The molecule has 3 N–H and O–H groups in total. The van der Waals surface area contributed by atoms with Crippen molar-refractivity contribution in [3.63, 3.8) is 0 Å². The average molecular weight is 392 g/mol. The highest BCUT2D eigenvalue weighted by Gasteiger charge is 2.28. The Hall–Kier alpha value is -3.41. The second-order valence-electron chi connectivity index (χ2n) is 7.03. The summed E-state index contributed by atoms with van der Waals surface area (Å²) < 4.78 is 4.94. The van der Waals surface area contributed by atoms with Gasteiger partial charge in [-0.1, -0.05) is 55.5 Å². The fourth-order valence-corrected chi connectivity index (χ4v) is 3.57. The molecule has 2 amide bonds. The number of hydrogen-bond acceptors (Lipinski definition) is 4. The Kier molecular flexibility index (Phi) is 6.12. The first-order valence-electron chi connectivity index (χ1n) is 9.58. The second kappa shape index (κ2) is 8.73. The Labute approximate surface area is 169 Å². The molecule has 0 spiro atoms. The number of hydrogen-bond donors (Lipinski definition) is 2. The maximum Gasteiger partial charge on any atom is 0.306 e. The van der Waals surface area contributed by atoms with E-state index < -0.39 is 29.7 Å². The van der Waals surface area contributed by atoms with Gasteiger partial charge in [0.1, 0.15) is 6.04 Å². The van der Waals surface area contributed by atoms with Crippen LogP contribution in [0.2, 0.25) is 0 Å². The molecule has 0 unspecified atom stereocenters. The Morgan fingerprint density at radius 2 is 1.55 bits per heavy atom. The molecule has 0 aliphatic rings. The van der Waals surface area contributed by atoms with Gasteiger partial charge in [-0.15, -0.1) is 0 Å². The summed E-state index contributed by atoms with van der Waals surface area (Å²) in [6.07, 6.45) is -0.0159. The van der Waals surface area contributed by atoms with Gasteiger partial charge in [0.05, 0.1) is 18.6 Å². The summed E-state index contributed by atoms with van der Waals surface area (Å²) in [5, 5.41) is 6.15. The molecule has 0 fully saturated rings. The van der Waals surface area contributed by atoms with Crippen molar-refractivity contribution in [3.05, 3.63) is 60.2 Å².